The standard InChI is InChI=1S/C19H21N3O3/c1-3-13-8-10-14(11-9-13)12-21-17(23)15-6-4-5-7-16(15)22-19(25)18(24)20-2/h4-11H,3,12H2,1-2H3,(H,20,24)(H,21,23)(H,22,25). The summed E-state index contributed by atoms with van der Waals surface area (Å²) in [5.41, 5.74) is 2.80. The third kappa shape index (κ3) is 4.91. The number of likely N-dealkylation sites (N-methyl/N-ethyl adjacent to an activating group) is 1. The number of hydrogen-bond donors (Lipinski definition) is 3. The van der Waals surface area contributed by atoms with Crippen molar-refractivity contribution < 1.29 is 14.4 Å². The second-order valence-corrected chi connectivity index (χ2v) is 5.43. The summed E-state index contributed by atoms with van der Waals surface area (Å²) in [4.78, 5) is 35.5. The number of benzene rings is 2. The Labute approximate surface area is 146 Å². The molecule has 0 radical (unpaired) electrons. The number of hydrogen-bond acceptors (Lipinski definition) is 3. The number of carbonyl (C=O) groups is 3. The number of nitrogens with one attached hydrogen (secondary N) is 3. The van der Waals surface area contributed by atoms with Crippen molar-refractivity contribution in [2.75, 3.05) is 12.4 Å². The maximum absolute atomic E-state index is 12.4. The molecule has 2 aromatic carbocycles. The van der Waals surface area contributed by atoms with E-state index in [1.807, 2.05) is 24.3 Å². The highest BCUT2D eigenvalue weighted by atomic mass is 16.2. The number of aryl methyl sites for hydroxylation is 1. The Morgan fingerprint density at radius 3 is 2.16 bits per heavy atom. The zero-order valence-electron chi connectivity index (χ0n) is 14.3. The number of anilines is 1. The molecule has 6 heteroatoms. The minimum Gasteiger partial charge on any atom is -0.351 e. The van der Waals surface area contributed by atoms with Crippen molar-refractivity contribution in [1.29, 1.82) is 0 Å². The van der Waals surface area contributed by atoms with Crippen LogP contribution >= 0.6 is 0 Å². The first-order chi connectivity index (χ1) is 12.0. The topological polar surface area (TPSA) is 87.3 Å². The van der Waals surface area contributed by atoms with Gasteiger partial charge in [0.15, 0.2) is 0 Å². The molecule has 0 heterocycles. The average Bonchev–Trinajstić information content (AvgIpc) is 2.66. The maximum atomic E-state index is 12.4. The van der Waals surface area contributed by atoms with Crippen molar-refractivity contribution in [2.24, 2.45) is 0 Å². The summed E-state index contributed by atoms with van der Waals surface area (Å²) in [6, 6.07) is 14.5. The molecule has 0 aromatic heterocycles. The number of rotatable bonds is 5. The van der Waals surface area contributed by atoms with E-state index >= 15 is 0 Å². The van der Waals surface area contributed by atoms with Crippen LogP contribution in [0.25, 0.3) is 0 Å². The molecule has 2 rings (SSSR count). The quantitative estimate of drug-likeness (QED) is 0.727. The molecule has 0 fully saturated rings. The molecule has 6 nitrogen and oxygen atoms in total. The van der Waals surface area contributed by atoms with Crippen LogP contribution in [0.2, 0.25) is 0 Å². The van der Waals surface area contributed by atoms with Gasteiger partial charge in [-0.3, -0.25) is 14.4 Å². The van der Waals surface area contributed by atoms with E-state index in [1.54, 1.807) is 24.3 Å². The van der Waals surface area contributed by atoms with Gasteiger partial charge < -0.3 is 16.0 Å². The SMILES string of the molecule is CCc1ccc(CNC(=O)c2ccccc2NC(=O)C(=O)NC)cc1. The molecular formula is C19H21N3O3. The van der Waals surface area contributed by atoms with E-state index < -0.39 is 11.8 Å². The Bertz CT molecular complexity index is 770. The highest BCUT2D eigenvalue weighted by Crippen LogP contribution is 2.15. The van der Waals surface area contributed by atoms with E-state index in [2.05, 4.69) is 22.9 Å². The average molecular weight is 339 g/mol. The monoisotopic (exact) mass is 339 g/mol. The number of carbonyl (C=O) groups excluding carboxylic acids is 3. The van der Waals surface area contributed by atoms with Gasteiger partial charge in [-0.15, -0.1) is 0 Å². The van der Waals surface area contributed by atoms with E-state index in [0.29, 0.717) is 12.1 Å². The van der Waals surface area contributed by atoms with Gasteiger partial charge >= 0.3 is 11.8 Å². The fourth-order valence-corrected chi connectivity index (χ4v) is 2.25. The predicted molar refractivity (Wildman–Crippen MR) is 96.1 cm³/mol. The molecule has 0 aliphatic carbocycles. The van der Waals surface area contributed by atoms with E-state index in [0.717, 1.165) is 12.0 Å². The molecular weight excluding hydrogens is 318 g/mol. The first-order valence-electron chi connectivity index (χ1n) is 8.03. The first-order valence-corrected chi connectivity index (χ1v) is 8.03. The van der Waals surface area contributed by atoms with Crippen molar-refractivity contribution in [3.63, 3.8) is 0 Å². The summed E-state index contributed by atoms with van der Waals surface area (Å²) < 4.78 is 0. The summed E-state index contributed by atoms with van der Waals surface area (Å²) in [5, 5.41) is 7.50. The minimum atomic E-state index is -0.821. The van der Waals surface area contributed by atoms with Gasteiger partial charge in [-0.25, -0.2) is 0 Å². The molecule has 0 saturated carbocycles. The summed E-state index contributed by atoms with van der Waals surface area (Å²) in [6.07, 6.45) is 0.963. The lowest BCUT2D eigenvalue weighted by molar-refractivity contribution is -0.135. The Balaban J connectivity index is 2.05. The lowest BCUT2D eigenvalue weighted by Crippen LogP contribution is -2.33. The van der Waals surface area contributed by atoms with Crippen LogP contribution in [0.3, 0.4) is 0 Å². The van der Waals surface area contributed by atoms with Gasteiger partial charge in [-0.2, -0.15) is 0 Å². The van der Waals surface area contributed by atoms with E-state index in [4.69, 9.17) is 0 Å². The molecule has 0 spiro atoms. The second-order valence-electron chi connectivity index (χ2n) is 5.43. The summed E-state index contributed by atoms with van der Waals surface area (Å²) in [5.74, 6) is -1.92. The number of para-hydroxylation sites is 1. The van der Waals surface area contributed by atoms with Crippen LogP contribution in [0.15, 0.2) is 48.5 Å². The lowest BCUT2D eigenvalue weighted by atomic mass is 10.1. The highest BCUT2D eigenvalue weighted by Gasteiger charge is 2.16. The van der Waals surface area contributed by atoms with Crippen molar-refractivity contribution in [3.05, 3.63) is 65.2 Å². The maximum Gasteiger partial charge on any atom is 0.313 e. The third-order valence-corrected chi connectivity index (χ3v) is 3.74. The molecule has 0 unspecified atom stereocenters. The van der Waals surface area contributed by atoms with Gasteiger partial charge in [0.05, 0.1) is 11.3 Å². The van der Waals surface area contributed by atoms with Crippen LogP contribution in [0.4, 0.5) is 5.69 Å². The largest absolute Gasteiger partial charge is 0.351 e. The van der Waals surface area contributed by atoms with E-state index in [9.17, 15) is 14.4 Å². The molecule has 0 saturated heterocycles. The zero-order chi connectivity index (χ0) is 18.2. The molecule has 0 atom stereocenters. The fourth-order valence-electron chi connectivity index (χ4n) is 2.25. The summed E-state index contributed by atoms with van der Waals surface area (Å²) in [7, 11) is 1.37. The minimum absolute atomic E-state index is 0.287. The smallest absolute Gasteiger partial charge is 0.313 e. The Hall–Kier alpha value is -3.15. The fraction of sp³-hybridized carbons (Fsp3) is 0.211. The van der Waals surface area contributed by atoms with Crippen LogP contribution in [-0.4, -0.2) is 24.8 Å². The molecule has 3 N–H and O–H groups in total. The van der Waals surface area contributed by atoms with Gasteiger partial charge in [-0.05, 0) is 29.7 Å². The molecule has 0 bridgehead atoms. The van der Waals surface area contributed by atoms with Crippen LogP contribution < -0.4 is 16.0 Å². The van der Waals surface area contributed by atoms with Crippen LogP contribution in [0.1, 0.15) is 28.4 Å². The molecule has 2 aromatic rings. The van der Waals surface area contributed by atoms with Gasteiger partial charge in [0.1, 0.15) is 0 Å². The molecule has 25 heavy (non-hydrogen) atoms. The molecule has 3 amide bonds. The van der Waals surface area contributed by atoms with Crippen LogP contribution in [0.5, 0.6) is 0 Å². The van der Waals surface area contributed by atoms with Crippen LogP contribution in [0, 0.1) is 0 Å². The van der Waals surface area contributed by atoms with E-state index in [1.165, 1.54) is 12.6 Å². The van der Waals surface area contributed by atoms with Crippen molar-refractivity contribution in [2.45, 2.75) is 19.9 Å². The second kappa shape index (κ2) is 8.63. The van der Waals surface area contributed by atoms with Gasteiger partial charge in [-0.1, -0.05) is 43.3 Å². The van der Waals surface area contributed by atoms with Crippen molar-refractivity contribution in [3.8, 4) is 0 Å². The third-order valence-electron chi connectivity index (χ3n) is 3.74. The first kappa shape index (κ1) is 18.2. The Kier molecular flexibility index (Phi) is 6.28. The Morgan fingerprint density at radius 1 is 0.880 bits per heavy atom. The van der Waals surface area contributed by atoms with E-state index in [-0.39, 0.29) is 11.6 Å². The van der Waals surface area contributed by atoms with Gasteiger partial charge in [0, 0.05) is 13.6 Å². The summed E-state index contributed by atoms with van der Waals surface area (Å²) >= 11 is 0. The number of amides is 3. The van der Waals surface area contributed by atoms with Crippen molar-refractivity contribution in [1.82, 2.24) is 10.6 Å². The highest BCUT2D eigenvalue weighted by molar-refractivity contribution is 6.39. The molecule has 0 aliphatic rings. The zero-order valence-corrected chi connectivity index (χ0v) is 14.3. The molecule has 0 aliphatic heterocycles. The predicted octanol–water partition coefficient (Wildman–Crippen LogP) is 1.86. The Morgan fingerprint density at radius 2 is 1.52 bits per heavy atom. The lowest BCUT2D eigenvalue weighted by Gasteiger charge is -2.11. The van der Waals surface area contributed by atoms with Gasteiger partial charge in [0.2, 0.25) is 0 Å². The van der Waals surface area contributed by atoms with Gasteiger partial charge in [0.25, 0.3) is 5.91 Å². The normalized spacial score (nSPS) is 10.0. The molecule has 130 valence electrons. The van der Waals surface area contributed by atoms with Crippen LogP contribution in [-0.2, 0) is 22.6 Å². The summed E-state index contributed by atoms with van der Waals surface area (Å²) in [6.45, 7) is 2.46. The van der Waals surface area contributed by atoms with Crippen molar-refractivity contribution >= 4 is 23.4 Å².